The summed E-state index contributed by atoms with van der Waals surface area (Å²) in [5.74, 6) is 1.02. The lowest BCUT2D eigenvalue weighted by molar-refractivity contribution is -0.131. The van der Waals surface area contributed by atoms with Gasteiger partial charge in [0.25, 0.3) is 0 Å². The fourth-order valence-corrected chi connectivity index (χ4v) is 3.25. The second kappa shape index (κ2) is 8.91. The van der Waals surface area contributed by atoms with Crippen LogP contribution in [0.25, 0.3) is 17.1 Å². The minimum atomic E-state index is -0.0666. The van der Waals surface area contributed by atoms with Crippen LogP contribution in [-0.4, -0.2) is 42.8 Å². The summed E-state index contributed by atoms with van der Waals surface area (Å²) in [6.45, 7) is 4.03. The summed E-state index contributed by atoms with van der Waals surface area (Å²) in [7, 11) is 1.81. The molecule has 8 nitrogen and oxygen atoms in total. The van der Waals surface area contributed by atoms with Crippen molar-refractivity contribution in [3.8, 4) is 17.1 Å². The molecule has 2 aromatic carbocycles. The summed E-state index contributed by atoms with van der Waals surface area (Å²) in [6, 6.07) is 15.8. The van der Waals surface area contributed by atoms with E-state index in [4.69, 9.17) is 4.52 Å². The van der Waals surface area contributed by atoms with Crippen LogP contribution in [0.3, 0.4) is 0 Å². The Labute approximate surface area is 180 Å². The third-order valence-corrected chi connectivity index (χ3v) is 5.36. The highest BCUT2D eigenvalue weighted by Gasteiger charge is 2.19. The number of benzene rings is 2. The SMILES string of the molecule is Cc1ccc(-c2noc(CCC(=O)N(C)[C@@H](C)c3ccc(-n4cncn4)cc3)n2)cc1. The number of nitrogens with zero attached hydrogens (tertiary/aromatic N) is 6. The van der Waals surface area contributed by atoms with Crippen LogP contribution in [0, 0.1) is 6.92 Å². The van der Waals surface area contributed by atoms with Crippen molar-refractivity contribution in [3.05, 3.63) is 78.2 Å². The Bertz CT molecular complexity index is 1130. The Morgan fingerprint density at radius 2 is 1.87 bits per heavy atom. The third kappa shape index (κ3) is 4.69. The standard InChI is InChI=1S/C23H24N6O2/c1-16-4-6-19(7-5-16)23-26-21(31-27-23)12-13-22(30)28(3)17(2)18-8-10-20(11-9-18)29-15-24-14-25-29/h4-11,14-15,17H,12-13H2,1-3H3/t17-/m0/s1. The van der Waals surface area contributed by atoms with Gasteiger partial charge in [0.15, 0.2) is 0 Å². The fraction of sp³-hybridized carbons (Fsp3) is 0.261. The Balaban J connectivity index is 1.34. The molecular weight excluding hydrogens is 392 g/mol. The van der Waals surface area contributed by atoms with Gasteiger partial charge in [-0.3, -0.25) is 4.79 Å². The van der Waals surface area contributed by atoms with Crippen molar-refractivity contribution < 1.29 is 9.32 Å². The van der Waals surface area contributed by atoms with Crippen LogP contribution in [0.4, 0.5) is 0 Å². The molecule has 1 amide bonds. The monoisotopic (exact) mass is 416 g/mol. The molecule has 0 unspecified atom stereocenters. The van der Waals surface area contributed by atoms with E-state index in [1.807, 2.05) is 69.4 Å². The molecule has 1 atom stereocenters. The molecule has 0 fully saturated rings. The number of hydrogen-bond acceptors (Lipinski definition) is 6. The van der Waals surface area contributed by atoms with E-state index in [0.29, 0.717) is 24.6 Å². The quantitative estimate of drug-likeness (QED) is 0.455. The summed E-state index contributed by atoms with van der Waals surface area (Å²) in [5.41, 5.74) is 4.03. The van der Waals surface area contributed by atoms with Gasteiger partial charge in [0, 0.05) is 25.5 Å². The number of carbonyl (C=O) groups is 1. The number of amides is 1. The maximum Gasteiger partial charge on any atom is 0.227 e. The van der Waals surface area contributed by atoms with Crippen molar-refractivity contribution in [2.24, 2.45) is 0 Å². The number of carbonyl (C=O) groups excluding carboxylic acids is 1. The van der Waals surface area contributed by atoms with Gasteiger partial charge in [0.1, 0.15) is 12.7 Å². The van der Waals surface area contributed by atoms with E-state index >= 15 is 0 Å². The summed E-state index contributed by atoms with van der Waals surface area (Å²) in [4.78, 5) is 22.8. The van der Waals surface area contributed by atoms with E-state index in [9.17, 15) is 4.79 Å². The zero-order valence-corrected chi connectivity index (χ0v) is 17.8. The first-order valence-electron chi connectivity index (χ1n) is 10.1. The van der Waals surface area contributed by atoms with E-state index in [1.54, 1.807) is 15.9 Å². The Morgan fingerprint density at radius 1 is 1.13 bits per heavy atom. The number of hydrogen-bond donors (Lipinski definition) is 0. The zero-order valence-electron chi connectivity index (χ0n) is 17.8. The average molecular weight is 416 g/mol. The van der Waals surface area contributed by atoms with Gasteiger partial charge >= 0.3 is 0 Å². The van der Waals surface area contributed by atoms with Crippen LogP contribution in [0.5, 0.6) is 0 Å². The molecule has 0 aliphatic heterocycles. The van der Waals surface area contributed by atoms with Crippen LogP contribution in [0.2, 0.25) is 0 Å². The lowest BCUT2D eigenvalue weighted by Crippen LogP contribution is -2.29. The predicted molar refractivity (Wildman–Crippen MR) is 115 cm³/mol. The molecule has 0 bridgehead atoms. The van der Waals surface area contributed by atoms with E-state index in [0.717, 1.165) is 16.8 Å². The Hall–Kier alpha value is -3.81. The normalized spacial score (nSPS) is 12.0. The molecule has 2 heterocycles. The lowest BCUT2D eigenvalue weighted by Gasteiger charge is -2.25. The van der Waals surface area contributed by atoms with Gasteiger partial charge in [-0.15, -0.1) is 0 Å². The lowest BCUT2D eigenvalue weighted by atomic mass is 10.1. The van der Waals surface area contributed by atoms with Gasteiger partial charge in [-0.05, 0) is 31.5 Å². The zero-order chi connectivity index (χ0) is 21.8. The highest BCUT2D eigenvalue weighted by atomic mass is 16.5. The Morgan fingerprint density at radius 3 is 2.55 bits per heavy atom. The smallest absolute Gasteiger partial charge is 0.227 e. The van der Waals surface area contributed by atoms with Gasteiger partial charge in [0.05, 0.1) is 11.7 Å². The van der Waals surface area contributed by atoms with Crippen molar-refractivity contribution in [3.63, 3.8) is 0 Å². The first-order valence-corrected chi connectivity index (χ1v) is 10.1. The summed E-state index contributed by atoms with van der Waals surface area (Å²) >= 11 is 0. The first kappa shape index (κ1) is 20.5. The van der Waals surface area contributed by atoms with Crippen LogP contribution in [0.15, 0.2) is 65.7 Å². The molecule has 0 spiro atoms. The minimum Gasteiger partial charge on any atom is -0.339 e. The molecule has 0 radical (unpaired) electrons. The maximum atomic E-state index is 12.7. The van der Waals surface area contributed by atoms with Crippen LogP contribution in [0.1, 0.15) is 36.4 Å². The van der Waals surface area contributed by atoms with Crippen molar-refractivity contribution in [1.29, 1.82) is 0 Å². The van der Waals surface area contributed by atoms with Crippen LogP contribution >= 0.6 is 0 Å². The van der Waals surface area contributed by atoms with Crippen LogP contribution in [-0.2, 0) is 11.2 Å². The molecule has 0 saturated heterocycles. The van der Waals surface area contributed by atoms with Gasteiger partial charge in [-0.2, -0.15) is 10.1 Å². The van der Waals surface area contributed by atoms with Crippen molar-refractivity contribution >= 4 is 5.91 Å². The fourth-order valence-electron chi connectivity index (χ4n) is 3.25. The molecule has 4 rings (SSSR count). The predicted octanol–water partition coefficient (Wildman–Crippen LogP) is 3.78. The van der Waals surface area contributed by atoms with E-state index in [1.165, 1.54) is 11.9 Å². The molecule has 2 aromatic heterocycles. The average Bonchev–Trinajstić information content (AvgIpc) is 3.49. The largest absolute Gasteiger partial charge is 0.339 e. The molecule has 0 aliphatic carbocycles. The molecule has 4 aromatic rings. The molecule has 8 heteroatoms. The van der Waals surface area contributed by atoms with Gasteiger partial charge in [-0.25, -0.2) is 9.67 Å². The summed E-state index contributed by atoms with van der Waals surface area (Å²) in [6.07, 6.45) is 3.85. The van der Waals surface area contributed by atoms with Crippen molar-refractivity contribution in [2.75, 3.05) is 7.05 Å². The second-order valence-corrected chi connectivity index (χ2v) is 7.49. The molecule has 0 N–H and O–H groups in total. The summed E-state index contributed by atoms with van der Waals surface area (Å²) < 4.78 is 7.02. The van der Waals surface area contributed by atoms with Gasteiger partial charge in [-0.1, -0.05) is 47.1 Å². The molecular formula is C23H24N6O2. The Kier molecular flexibility index (Phi) is 5.88. The third-order valence-electron chi connectivity index (χ3n) is 5.36. The topological polar surface area (TPSA) is 89.9 Å². The minimum absolute atomic E-state index is 0.0166. The van der Waals surface area contributed by atoms with Crippen LogP contribution < -0.4 is 0 Å². The van der Waals surface area contributed by atoms with E-state index < -0.39 is 0 Å². The molecule has 158 valence electrons. The van der Waals surface area contributed by atoms with E-state index in [-0.39, 0.29) is 11.9 Å². The first-order chi connectivity index (χ1) is 15.0. The molecule has 31 heavy (non-hydrogen) atoms. The highest BCUT2D eigenvalue weighted by molar-refractivity contribution is 5.76. The highest BCUT2D eigenvalue weighted by Crippen LogP contribution is 2.22. The van der Waals surface area contributed by atoms with E-state index in [2.05, 4.69) is 20.2 Å². The number of aryl methyl sites for hydroxylation is 2. The summed E-state index contributed by atoms with van der Waals surface area (Å²) in [5, 5.41) is 8.15. The maximum absolute atomic E-state index is 12.7. The van der Waals surface area contributed by atoms with Crippen molar-refractivity contribution in [1.82, 2.24) is 29.8 Å². The second-order valence-electron chi connectivity index (χ2n) is 7.49. The van der Waals surface area contributed by atoms with Crippen molar-refractivity contribution in [2.45, 2.75) is 32.7 Å². The number of rotatable bonds is 7. The number of aromatic nitrogens is 5. The molecule has 0 aliphatic rings. The van der Waals surface area contributed by atoms with Gasteiger partial charge in [0.2, 0.25) is 17.6 Å². The molecule has 0 saturated carbocycles. The van der Waals surface area contributed by atoms with Gasteiger partial charge < -0.3 is 9.42 Å².